The normalized spacial score (nSPS) is 42.2. The molecule has 0 aromatic heterocycles. The summed E-state index contributed by atoms with van der Waals surface area (Å²) in [5, 5.41) is 4.05. The van der Waals surface area contributed by atoms with Crippen molar-refractivity contribution in [3.63, 3.8) is 0 Å². The lowest BCUT2D eigenvalue weighted by molar-refractivity contribution is 0.117. The number of nitrogens with one attached hydrogen (secondary N) is 1. The minimum Gasteiger partial charge on any atom is -0.311 e. The summed E-state index contributed by atoms with van der Waals surface area (Å²) in [5.74, 6) is 2.65. The largest absolute Gasteiger partial charge is 0.311 e. The summed E-state index contributed by atoms with van der Waals surface area (Å²) in [6.07, 6.45) is 8.52. The van der Waals surface area contributed by atoms with Gasteiger partial charge in [-0.3, -0.25) is 0 Å². The molecule has 1 heteroatoms. The third kappa shape index (κ3) is 3.10. The van der Waals surface area contributed by atoms with E-state index >= 15 is 0 Å². The van der Waals surface area contributed by atoms with Gasteiger partial charge in [-0.15, -0.1) is 0 Å². The first-order valence-electron chi connectivity index (χ1n) is 8.15. The molecule has 2 saturated carbocycles. The Hall–Kier alpha value is -0.0400. The van der Waals surface area contributed by atoms with E-state index in [0.29, 0.717) is 5.41 Å². The second kappa shape index (κ2) is 5.53. The van der Waals surface area contributed by atoms with Crippen molar-refractivity contribution in [2.45, 2.75) is 85.2 Å². The fourth-order valence-electron chi connectivity index (χ4n) is 4.24. The molecule has 2 aliphatic carbocycles. The molecule has 0 amide bonds. The van der Waals surface area contributed by atoms with Gasteiger partial charge in [-0.25, -0.2) is 0 Å². The molecule has 0 aliphatic heterocycles. The van der Waals surface area contributed by atoms with E-state index in [0.717, 1.165) is 29.8 Å². The molecule has 0 aromatic carbocycles. The van der Waals surface area contributed by atoms with Crippen LogP contribution in [0.3, 0.4) is 0 Å². The van der Waals surface area contributed by atoms with Crippen LogP contribution < -0.4 is 5.32 Å². The molecule has 18 heavy (non-hydrogen) atoms. The monoisotopic (exact) mass is 251 g/mol. The average molecular weight is 251 g/mol. The van der Waals surface area contributed by atoms with Crippen molar-refractivity contribution in [1.82, 2.24) is 5.32 Å². The lowest BCUT2D eigenvalue weighted by atomic mass is 9.69. The van der Waals surface area contributed by atoms with E-state index in [1.165, 1.54) is 38.5 Å². The first-order valence-corrected chi connectivity index (χ1v) is 8.15. The van der Waals surface area contributed by atoms with Gasteiger partial charge in [0.2, 0.25) is 0 Å². The summed E-state index contributed by atoms with van der Waals surface area (Å²) >= 11 is 0. The number of hydrogen-bond acceptors (Lipinski definition) is 1. The lowest BCUT2D eigenvalue weighted by Gasteiger charge is -2.42. The van der Waals surface area contributed by atoms with Gasteiger partial charge in [0.05, 0.1) is 0 Å². The molecule has 2 rings (SSSR count). The molecular formula is C17H33N. The van der Waals surface area contributed by atoms with Crippen molar-refractivity contribution in [3.8, 4) is 0 Å². The molecule has 5 unspecified atom stereocenters. The molecule has 5 atom stereocenters. The number of hydrogen-bond donors (Lipinski definition) is 1. The maximum atomic E-state index is 4.05. The van der Waals surface area contributed by atoms with Crippen molar-refractivity contribution in [1.29, 1.82) is 0 Å². The van der Waals surface area contributed by atoms with Crippen molar-refractivity contribution in [3.05, 3.63) is 0 Å². The van der Waals surface area contributed by atoms with Gasteiger partial charge in [0.15, 0.2) is 0 Å². The molecule has 0 heterocycles. The van der Waals surface area contributed by atoms with Crippen molar-refractivity contribution < 1.29 is 0 Å². The van der Waals surface area contributed by atoms with Crippen LogP contribution in [0.2, 0.25) is 0 Å². The van der Waals surface area contributed by atoms with E-state index in [-0.39, 0.29) is 0 Å². The molecular weight excluding hydrogens is 218 g/mol. The summed E-state index contributed by atoms with van der Waals surface area (Å²) in [6, 6.07) is 1.56. The van der Waals surface area contributed by atoms with Crippen LogP contribution in [-0.4, -0.2) is 12.1 Å². The van der Waals surface area contributed by atoms with Gasteiger partial charge < -0.3 is 5.32 Å². The molecule has 2 aliphatic rings. The summed E-state index contributed by atoms with van der Waals surface area (Å²) in [5.41, 5.74) is 0.464. The van der Waals surface area contributed by atoms with Gasteiger partial charge >= 0.3 is 0 Å². The summed E-state index contributed by atoms with van der Waals surface area (Å²) in [7, 11) is 0. The van der Waals surface area contributed by atoms with Gasteiger partial charge in [0, 0.05) is 12.1 Å². The van der Waals surface area contributed by atoms with Crippen LogP contribution in [0.25, 0.3) is 0 Å². The SMILES string of the molecule is CC1CCC(NC2CCCCC2C(C)(C)C)C1C. The second-order valence-corrected chi connectivity index (χ2v) is 8.05. The highest BCUT2D eigenvalue weighted by Crippen LogP contribution is 2.40. The highest BCUT2D eigenvalue weighted by atomic mass is 15.0. The minimum absolute atomic E-state index is 0.464. The molecule has 0 bridgehead atoms. The van der Waals surface area contributed by atoms with E-state index in [1.807, 2.05) is 0 Å². The van der Waals surface area contributed by atoms with Crippen LogP contribution in [-0.2, 0) is 0 Å². The lowest BCUT2D eigenvalue weighted by Crippen LogP contribution is -2.49. The summed E-state index contributed by atoms with van der Waals surface area (Å²) < 4.78 is 0. The minimum atomic E-state index is 0.464. The zero-order valence-corrected chi connectivity index (χ0v) is 13.1. The molecule has 106 valence electrons. The van der Waals surface area contributed by atoms with Gasteiger partial charge in [-0.1, -0.05) is 47.5 Å². The van der Waals surface area contributed by atoms with Gasteiger partial charge in [0.1, 0.15) is 0 Å². The predicted octanol–water partition coefficient (Wildman–Crippen LogP) is 4.62. The van der Waals surface area contributed by atoms with Crippen LogP contribution >= 0.6 is 0 Å². The van der Waals surface area contributed by atoms with E-state index in [9.17, 15) is 0 Å². The third-order valence-electron chi connectivity index (χ3n) is 5.77. The van der Waals surface area contributed by atoms with Gasteiger partial charge in [-0.05, 0) is 48.9 Å². The topological polar surface area (TPSA) is 12.0 Å². The van der Waals surface area contributed by atoms with Crippen molar-refractivity contribution in [2.75, 3.05) is 0 Å². The zero-order chi connectivity index (χ0) is 13.3. The second-order valence-electron chi connectivity index (χ2n) is 8.05. The van der Waals surface area contributed by atoms with Crippen LogP contribution in [0.1, 0.15) is 73.1 Å². The highest BCUT2D eigenvalue weighted by molar-refractivity contribution is 4.93. The first kappa shape index (κ1) is 14.4. The first-order chi connectivity index (χ1) is 8.39. The average Bonchev–Trinajstić information content (AvgIpc) is 2.60. The number of rotatable bonds is 2. The van der Waals surface area contributed by atoms with Crippen molar-refractivity contribution in [2.24, 2.45) is 23.2 Å². The predicted molar refractivity (Wildman–Crippen MR) is 79.7 cm³/mol. The van der Waals surface area contributed by atoms with E-state index in [1.54, 1.807) is 0 Å². The quantitative estimate of drug-likeness (QED) is 0.755. The molecule has 0 aromatic rings. The van der Waals surface area contributed by atoms with Crippen LogP contribution in [0.4, 0.5) is 0 Å². The van der Waals surface area contributed by atoms with Crippen LogP contribution in [0.15, 0.2) is 0 Å². The van der Waals surface area contributed by atoms with E-state index < -0.39 is 0 Å². The van der Waals surface area contributed by atoms with Crippen LogP contribution in [0, 0.1) is 23.2 Å². The Morgan fingerprint density at radius 1 is 0.833 bits per heavy atom. The van der Waals surface area contributed by atoms with Gasteiger partial charge in [-0.2, -0.15) is 0 Å². The Balaban J connectivity index is 1.98. The van der Waals surface area contributed by atoms with E-state index in [4.69, 9.17) is 0 Å². The maximum absolute atomic E-state index is 4.05. The Kier molecular flexibility index (Phi) is 4.41. The molecule has 0 spiro atoms. The molecule has 0 saturated heterocycles. The summed E-state index contributed by atoms with van der Waals surface area (Å²) in [4.78, 5) is 0. The molecule has 2 fully saturated rings. The standard InChI is InChI=1S/C17H33N/c1-12-10-11-15(13(12)2)18-16-9-7-6-8-14(16)17(3,4)5/h12-16,18H,6-11H2,1-5H3. The van der Waals surface area contributed by atoms with Crippen molar-refractivity contribution >= 4 is 0 Å². The highest BCUT2D eigenvalue weighted by Gasteiger charge is 2.37. The Morgan fingerprint density at radius 3 is 2.06 bits per heavy atom. The molecule has 1 nitrogen and oxygen atoms in total. The zero-order valence-electron chi connectivity index (χ0n) is 13.1. The fraction of sp³-hybridized carbons (Fsp3) is 1.00. The third-order valence-corrected chi connectivity index (χ3v) is 5.77. The van der Waals surface area contributed by atoms with E-state index in [2.05, 4.69) is 39.9 Å². The Morgan fingerprint density at radius 2 is 1.50 bits per heavy atom. The van der Waals surface area contributed by atoms with Crippen LogP contribution in [0.5, 0.6) is 0 Å². The molecule has 0 radical (unpaired) electrons. The molecule has 1 N–H and O–H groups in total. The fourth-order valence-corrected chi connectivity index (χ4v) is 4.24. The summed E-state index contributed by atoms with van der Waals surface area (Å²) in [6.45, 7) is 12.2. The van der Waals surface area contributed by atoms with Gasteiger partial charge in [0.25, 0.3) is 0 Å². The maximum Gasteiger partial charge on any atom is 0.0103 e. The Bertz CT molecular complexity index is 265. The smallest absolute Gasteiger partial charge is 0.0103 e. The Labute approximate surface area is 114 Å².